The van der Waals surface area contributed by atoms with Crippen LogP contribution in [0.5, 0.6) is 0 Å². The lowest BCUT2D eigenvalue weighted by atomic mass is 10.2. The van der Waals surface area contributed by atoms with E-state index in [0.717, 1.165) is 5.56 Å². The highest BCUT2D eigenvalue weighted by Gasteiger charge is 2.11. The molecular formula is C10H11NO3. The van der Waals surface area contributed by atoms with E-state index in [9.17, 15) is 9.59 Å². The predicted molar refractivity (Wildman–Crippen MR) is 50.3 cm³/mol. The second-order valence-corrected chi connectivity index (χ2v) is 2.66. The third-order valence-corrected chi connectivity index (χ3v) is 1.67. The summed E-state index contributed by atoms with van der Waals surface area (Å²) in [7, 11) is 1.17. The molecule has 0 aliphatic rings. The maximum Gasteiger partial charge on any atom is 0.396 e. The second-order valence-electron chi connectivity index (χ2n) is 2.66. The van der Waals surface area contributed by atoms with Crippen molar-refractivity contribution in [3.63, 3.8) is 0 Å². The van der Waals surface area contributed by atoms with E-state index in [-0.39, 0.29) is 0 Å². The summed E-state index contributed by atoms with van der Waals surface area (Å²) in [6, 6.07) is 9.32. The highest BCUT2D eigenvalue weighted by Crippen LogP contribution is 1.96. The number of ether oxygens (including phenoxy) is 1. The Labute approximate surface area is 81.9 Å². The van der Waals surface area contributed by atoms with E-state index in [1.807, 2.05) is 30.3 Å². The molecule has 1 rings (SSSR count). The molecule has 1 amide bonds. The second kappa shape index (κ2) is 5.01. The summed E-state index contributed by atoms with van der Waals surface area (Å²) in [5.41, 5.74) is 0.935. The Morgan fingerprint density at radius 3 is 2.50 bits per heavy atom. The van der Waals surface area contributed by atoms with Crippen LogP contribution in [0.3, 0.4) is 0 Å². The van der Waals surface area contributed by atoms with E-state index in [4.69, 9.17) is 0 Å². The molecule has 0 unspecified atom stereocenters. The van der Waals surface area contributed by atoms with Crippen molar-refractivity contribution < 1.29 is 14.3 Å². The molecule has 0 saturated carbocycles. The van der Waals surface area contributed by atoms with Crippen molar-refractivity contribution in [1.82, 2.24) is 5.32 Å². The molecule has 74 valence electrons. The minimum Gasteiger partial charge on any atom is -0.462 e. The van der Waals surface area contributed by atoms with E-state index >= 15 is 0 Å². The van der Waals surface area contributed by atoms with Gasteiger partial charge in [-0.3, -0.25) is 4.79 Å². The lowest BCUT2D eigenvalue weighted by Crippen LogP contribution is -2.31. The standard InChI is InChI=1S/C10H11NO3/c1-14-10(13)9(12)11-7-8-5-3-2-4-6-8/h2-6H,7H2,1H3,(H,11,12). The number of esters is 1. The summed E-state index contributed by atoms with van der Waals surface area (Å²) in [4.78, 5) is 21.7. The van der Waals surface area contributed by atoms with Gasteiger partial charge >= 0.3 is 11.9 Å². The molecule has 14 heavy (non-hydrogen) atoms. The van der Waals surface area contributed by atoms with Crippen LogP contribution < -0.4 is 5.32 Å². The number of nitrogens with one attached hydrogen (secondary N) is 1. The average Bonchev–Trinajstić information content (AvgIpc) is 2.26. The number of hydrogen-bond donors (Lipinski definition) is 1. The van der Waals surface area contributed by atoms with Crippen LogP contribution in [0.25, 0.3) is 0 Å². The van der Waals surface area contributed by atoms with Crippen LogP contribution in [0.4, 0.5) is 0 Å². The van der Waals surface area contributed by atoms with Crippen molar-refractivity contribution in [1.29, 1.82) is 0 Å². The Hall–Kier alpha value is -1.84. The number of amides is 1. The van der Waals surface area contributed by atoms with E-state index in [0.29, 0.717) is 6.54 Å². The van der Waals surface area contributed by atoms with Crippen LogP contribution in [0.15, 0.2) is 30.3 Å². The van der Waals surface area contributed by atoms with Gasteiger partial charge < -0.3 is 10.1 Å². The molecule has 4 nitrogen and oxygen atoms in total. The number of carbonyl (C=O) groups is 2. The third-order valence-electron chi connectivity index (χ3n) is 1.67. The zero-order valence-corrected chi connectivity index (χ0v) is 7.82. The summed E-state index contributed by atoms with van der Waals surface area (Å²) < 4.78 is 4.25. The van der Waals surface area contributed by atoms with Gasteiger partial charge in [0.25, 0.3) is 0 Å². The van der Waals surface area contributed by atoms with E-state index in [2.05, 4.69) is 10.1 Å². The molecule has 0 fully saturated rings. The van der Waals surface area contributed by atoms with Crippen molar-refractivity contribution >= 4 is 11.9 Å². The zero-order valence-electron chi connectivity index (χ0n) is 7.82. The lowest BCUT2D eigenvalue weighted by molar-refractivity contribution is -0.152. The van der Waals surface area contributed by atoms with Gasteiger partial charge in [-0.1, -0.05) is 30.3 Å². The maximum atomic E-state index is 11.0. The van der Waals surface area contributed by atoms with Gasteiger partial charge in [0.1, 0.15) is 0 Å². The molecular weight excluding hydrogens is 182 g/mol. The van der Waals surface area contributed by atoms with Crippen molar-refractivity contribution in [3.05, 3.63) is 35.9 Å². The van der Waals surface area contributed by atoms with Crippen LogP contribution in [0.1, 0.15) is 5.56 Å². The van der Waals surface area contributed by atoms with Gasteiger partial charge in [0.2, 0.25) is 0 Å². The first-order valence-electron chi connectivity index (χ1n) is 4.14. The fourth-order valence-electron chi connectivity index (χ4n) is 0.943. The Bertz CT molecular complexity index is 321. The first kappa shape index (κ1) is 10.2. The van der Waals surface area contributed by atoms with Gasteiger partial charge in [-0.05, 0) is 5.56 Å². The quantitative estimate of drug-likeness (QED) is 0.549. The fraction of sp³-hybridized carbons (Fsp3) is 0.200. The fourth-order valence-corrected chi connectivity index (χ4v) is 0.943. The smallest absolute Gasteiger partial charge is 0.396 e. The van der Waals surface area contributed by atoms with Gasteiger partial charge in [0.15, 0.2) is 0 Å². The third kappa shape index (κ3) is 2.90. The molecule has 0 atom stereocenters. The molecule has 0 radical (unpaired) electrons. The van der Waals surface area contributed by atoms with Gasteiger partial charge in [-0.2, -0.15) is 0 Å². The van der Waals surface area contributed by atoms with Gasteiger partial charge in [-0.15, -0.1) is 0 Å². The largest absolute Gasteiger partial charge is 0.462 e. The maximum absolute atomic E-state index is 11.0. The number of methoxy groups -OCH3 is 1. The topological polar surface area (TPSA) is 55.4 Å². The molecule has 0 saturated heterocycles. The molecule has 1 aromatic carbocycles. The van der Waals surface area contributed by atoms with Gasteiger partial charge in [-0.25, -0.2) is 4.79 Å². The molecule has 4 heteroatoms. The Kier molecular flexibility index (Phi) is 3.67. The number of benzene rings is 1. The molecule has 0 aliphatic carbocycles. The van der Waals surface area contributed by atoms with Crippen molar-refractivity contribution in [3.8, 4) is 0 Å². The molecule has 0 spiro atoms. The molecule has 1 N–H and O–H groups in total. The van der Waals surface area contributed by atoms with Crippen molar-refractivity contribution in [2.45, 2.75) is 6.54 Å². The van der Waals surface area contributed by atoms with Gasteiger partial charge in [0, 0.05) is 6.54 Å². The van der Waals surface area contributed by atoms with Crippen LogP contribution in [0.2, 0.25) is 0 Å². The Morgan fingerprint density at radius 1 is 1.29 bits per heavy atom. The van der Waals surface area contributed by atoms with E-state index in [1.165, 1.54) is 7.11 Å². The summed E-state index contributed by atoms with van der Waals surface area (Å²) in [5, 5.41) is 2.44. The minimum atomic E-state index is -0.874. The Morgan fingerprint density at radius 2 is 1.93 bits per heavy atom. The first-order valence-corrected chi connectivity index (χ1v) is 4.14. The molecule has 0 heterocycles. The highest BCUT2D eigenvalue weighted by molar-refractivity contribution is 6.32. The van der Waals surface area contributed by atoms with Crippen LogP contribution in [-0.4, -0.2) is 19.0 Å². The first-order chi connectivity index (χ1) is 6.74. The minimum absolute atomic E-state index is 0.328. The van der Waals surface area contributed by atoms with Crippen LogP contribution in [-0.2, 0) is 20.9 Å². The number of rotatable bonds is 2. The Balaban J connectivity index is 2.42. The van der Waals surface area contributed by atoms with E-state index < -0.39 is 11.9 Å². The van der Waals surface area contributed by atoms with Crippen LogP contribution >= 0.6 is 0 Å². The highest BCUT2D eigenvalue weighted by atomic mass is 16.5. The predicted octanol–water partition coefficient (Wildman–Crippen LogP) is 0.476. The number of carbonyl (C=O) groups excluding carboxylic acids is 2. The van der Waals surface area contributed by atoms with Crippen molar-refractivity contribution in [2.75, 3.05) is 7.11 Å². The van der Waals surface area contributed by atoms with E-state index in [1.54, 1.807) is 0 Å². The molecule has 0 aliphatic heterocycles. The van der Waals surface area contributed by atoms with Crippen LogP contribution in [0, 0.1) is 0 Å². The summed E-state index contributed by atoms with van der Waals surface area (Å²) in [5.74, 6) is -1.60. The normalized spacial score (nSPS) is 9.21. The molecule has 1 aromatic rings. The summed E-state index contributed by atoms with van der Waals surface area (Å²) >= 11 is 0. The van der Waals surface area contributed by atoms with Crippen molar-refractivity contribution in [2.24, 2.45) is 0 Å². The zero-order chi connectivity index (χ0) is 10.4. The lowest BCUT2D eigenvalue weighted by Gasteiger charge is -2.02. The SMILES string of the molecule is COC(=O)C(=O)NCc1ccccc1. The monoisotopic (exact) mass is 193 g/mol. The summed E-state index contributed by atoms with van der Waals surface area (Å²) in [6.45, 7) is 0.328. The molecule has 0 bridgehead atoms. The average molecular weight is 193 g/mol. The molecule has 0 aromatic heterocycles. The van der Waals surface area contributed by atoms with Gasteiger partial charge in [0.05, 0.1) is 7.11 Å². The number of hydrogen-bond acceptors (Lipinski definition) is 3. The summed E-state index contributed by atoms with van der Waals surface area (Å²) in [6.07, 6.45) is 0.